The summed E-state index contributed by atoms with van der Waals surface area (Å²) in [6.07, 6.45) is 4.59. The lowest BCUT2D eigenvalue weighted by molar-refractivity contribution is -0.188. The Balaban J connectivity index is 1.23. The summed E-state index contributed by atoms with van der Waals surface area (Å²) in [6.45, 7) is 7.53. The van der Waals surface area contributed by atoms with Crippen LogP contribution in [-0.4, -0.2) is 65.7 Å². The second-order valence-corrected chi connectivity index (χ2v) is 10.2. The fourth-order valence-electron chi connectivity index (χ4n) is 5.92. The molecule has 1 saturated carbocycles. The molecule has 2 aliphatic heterocycles. The average molecular weight is 516 g/mol. The number of H-pyrrole nitrogens is 1. The Hall–Kier alpha value is -2.85. The lowest BCUT2D eigenvalue weighted by Gasteiger charge is -2.39. The lowest BCUT2D eigenvalue weighted by Crippen LogP contribution is -2.49. The highest BCUT2D eigenvalue weighted by Crippen LogP contribution is 2.35. The minimum atomic E-state index is -0.483. The Labute approximate surface area is 215 Å². The maximum absolute atomic E-state index is 13.3. The van der Waals surface area contributed by atoms with Gasteiger partial charge < -0.3 is 28.8 Å². The number of hydrogen-bond acceptors (Lipinski definition) is 7. The van der Waals surface area contributed by atoms with Crippen LogP contribution in [-0.2, 0) is 20.8 Å². The Kier molecular flexibility index (Phi) is 7.57. The van der Waals surface area contributed by atoms with E-state index in [4.69, 9.17) is 18.9 Å². The first-order valence-corrected chi connectivity index (χ1v) is 13.6. The van der Waals surface area contributed by atoms with Crippen molar-refractivity contribution in [3.63, 3.8) is 0 Å². The maximum atomic E-state index is 13.3. The molecule has 5 rings (SSSR count). The lowest BCUT2D eigenvalue weighted by atomic mass is 9.81. The molecule has 0 atom stereocenters. The molecule has 1 aromatic heterocycles. The molecule has 10 heteroatoms. The summed E-state index contributed by atoms with van der Waals surface area (Å²) in [5.74, 6) is 0.872. The molecule has 37 heavy (non-hydrogen) atoms. The van der Waals surface area contributed by atoms with Crippen LogP contribution < -0.4 is 20.7 Å². The molecule has 1 spiro atoms. The molecule has 10 nitrogen and oxygen atoms in total. The zero-order valence-corrected chi connectivity index (χ0v) is 21.8. The number of likely N-dealkylation sites (tertiary alicyclic amines) is 1. The predicted molar refractivity (Wildman–Crippen MR) is 137 cm³/mol. The summed E-state index contributed by atoms with van der Waals surface area (Å²) in [6, 6.07) is 3.31. The van der Waals surface area contributed by atoms with Gasteiger partial charge in [0.05, 0.1) is 37.3 Å². The van der Waals surface area contributed by atoms with Gasteiger partial charge in [0.2, 0.25) is 5.91 Å². The van der Waals surface area contributed by atoms with Gasteiger partial charge in [-0.1, -0.05) is 0 Å². The molecule has 3 fully saturated rings. The molecule has 1 aliphatic carbocycles. The number of carbonyl (C=O) groups is 1. The zero-order valence-electron chi connectivity index (χ0n) is 21.8. The number of aromatic nitrogens is 2. The zero-order chi connectivity index (χ0) is 26.0. The fourth-order valence-corrected chi connectivity index (χ4v) is 5.92. The summed E-state index contributed by atoms with van der Waals surface area (Å²) in [5.41, 5.74) is -0.329. The molecule has 202 valence electrons. The molecule has 1 amide bonds. The summed E-state index contributed by atoms with van der Waals surface area (Å²) < 4.78 is 24.1. The van der Waals surface area contributed by atoms with Gasteiger partial charge in [-0.3, -0.25) is 14.2 Å². The molecule has 3 heterocycles. The van der Waals surface area contributed by atoms with Crippen molar-refractivity contribution in [2.45, 2.75) is 64.7 Å². The minimum Gasteiger partial charge on any atom is -0.490 e. The van der Waals surface area contributed by atoms with E-state index in [1.165, 1.54) is 4.57 Å². The summed E-state index contributed by atoms with van der Waals surface area (Å²) in [4.78, 5) is 44.1. The highest BCUT2D eigenvalue weighted by molar-refractivity contribution is 5.81. The molecule has 1 aromatic carbocycles. The second kappa shape index (κ2) is 10.9. The molecule has 0 radical (unpaired) electrons. The van der Waals surface area contributed by atoms with Crippen LogP contribution in [0.5, 0.6) is 11.5 Å². The molecule has 3 aliphatic rings. The predicted octanol–water partition coefficient (Wildman–Crippen LogP) is 2.66. The van der Waals surface area contributed by atoms with E-state index in [2.05, 4.69) is 4.98 Å². The number of piperidine rings is 1. The second-order valence-electron chi connectivity index (χ2n) is 10.2. The minimum absolute atomic E-state index is 0.00642. The van der Waals surface area contributed by atoms with E-state index in [0.29, 0.717) is 68.5 Å². The van der Waals surface area contributed by atoms with Crippen molar-refractivity contribution >= 4 is 16.8 Å². The number of aromatic amines is 1. The number of benzene rings is 1. The smallest absolute Gasteiger partial charge is 0.328 e. The van der Waals surface area contributed by atoms with Gasteiger partial charge in [0.1, 0.15) is 0 Å². The van der Waals surface area contributed by atoms with Crippen molar-refractivity contribution in [1.29, 1.82) is 0 Å². The van der Waals surface area contributed by atoms with Crippen molar-refractivity contribution in [1.82, 2.24) is 14.5 Å². The third kappa shape index (κ3) is 5.27. The Morgan fingerprint density at radius 1 is 1.00 bits per heavy atom. The number of amides is 1. The van der Waals surface area contributed by atoms with Crippen molar-refractivity contribution < 1.29 is 23.7 Å². The molecule has 0 bridgehead atoms. The summed E-state index contributed by atoms with van der Waals surface area (Å²) in [7, 11) is 0. The normalized spacial score (nSPS) is 23.5. The third-order valence-corrected chi connectivity index (χ3v) is 7.93. The van der Waals surface area contributed by atoms with Crippen LogP contribution in [0.25, 0.3) is 10.9 Å². The van der Waals surface area contributed by atoms with Gasteiger partial charge in [0.25, 0.3) is 5.56 Å². The number of rotatable bonds is 7. The molecule has 0 unspecified atom stereocenters. The van der Waals surface area contributed by atoms with E-state index in [1.807, 2.05) is 18.7 Å². The van der Waals surface area contributed by atoms with E-state index < -0.39 is 11.5 Å². The van der Waals surface area contributed by atoms with Crippen molar-refractivity contribution in [3.05, 3.63) is 33.0 Å². The number of nitrogens with one attached hydrogen (secondary N) is 1. The molecule has 2 saturated heterocycles. The van der Waals surface area contributed by atoms with Gasteiger partial charge in [-0.2, -0.15) is 0 Å². The first-order valence-electron chi connectivity index (χ1n) is 13.6. The van der Waals surface area contributed by atoms with E-state index >= 15 is 0 Å². The van der Waals surface area contributed by atoms with Crippen LogP contribution in [0.4, 0.5) is 0 Å². The maximum Gasteiger partial charge on any atom is 0.328 e. The van der Waals surface area contributed by atoms with Gasteiger partial charge in [-0.05, 0) is 51.5 Å². The van der Waals surface area contributed by atoms with E-state index in [0.717, 1.165) is 38.5 Å². The summed E-state index contributed by atoms with van der Waals surface area (Å²) in [5, 5.41) is 0.397. The van der Waals surface area contributed by atoms with E-state index in [1.54, 1.807) is 12.1 Å². The van der Waals surface area contributed by atoms with E-state index in [9.17, 15) is 14.4 Å². The van der Waals surface area contributed by atoms with Gasteiger partial charge in [0.15, 0.2) is 17.3 Å². The molecule has 1 N–H and O–H groups in total. The quantitative estimate of drug-likeness (QED) is 0.603. The summed E-state index contributed by atoms with van der Waals surface area (Å²) >= 11 is 0. The number of hydrogen-bond donors (Lipinski definition) is 1. The largest absolute Gasteiger partial charge is 0.490 e. The highest BCUT2D eigenvalue weighted by atomic mass is 16.7. The Morgan fingerprint density at radius 2 is 1.62 bits per heavy atom. The average Bonchev–Trinajstić information content (AvgIpc) is 3.36. The third-order valence-electron chi connectivity index (χ3n) is 7.93. The van der Waals surface area contributed by atoms with Crippen LogP contribution >= 0.6 is 0 Å². The number of nitrogens with zero attached hydrogens (tertiary/aromatic N) is 2. The first kappa shape index (κ1) is 25.8. The van der Waals surface area contributed by atoms with Crippen molar-refractivity contribution in [2.75, 3.05) is 39.5 Å². The fraction of sp³-hybridized carbons (Fsp3) is 0.667. The van der Waals surface area contributed by atoms with Crippen LogP contribution in [0.1, 0.15) is 52.4 Å². The van der Waals surface area contributed by atoms with Crippen LogP contribution in [0.3, 0.4) is 0 Å². The molecular weight excluding hydrogens is 478 g/mol. The van der Waals surface area contributed by atoms with Crippen molar-refractivity contribution in [2.24, 2.45) is 11.8 Å². The van der Waals surface area contributed by atoms with Gasteiger partial charge in [0, 0.05) is 44.5 Å². The monoisotopic (exact) mass is 515 g/mol. The first-order chi connectivity index (χ1) is 17.9. The highest BCUT2D eigenvalue weighted by Gasteiger charge is 2.42. The van der Waals surface area contributed by atoms with Gasteiger partial charge in [-0.15, -0.1) is 0 Å². The van der Waals surface area contributed by atoms with Crippen molar-refractivity contribution in [3.8, 4) is 11.5 Å². The number of carbonyl (C=O) groups excluding carboxylic acids is 1. The standard InChI is InChI=1S/C27H37N3O7/c1-3-34-22-15-20-21(16-23(22)35-4-2)28-26(33)30(25(20)32)17-18-5-7-19(8-6-18)24(31)29-11-9-27(10-12-29)36-13-14-37-27/h15-16,18-19H,3-14,17H2,1-2H3,(H,28,33). The Morgan fingerprint density at radius 3 is 2.24 bits per heavy atom. The van der Waals surface area contributed by atoms with E-state index in [-0.39, 0.29) is 23.3 Å². The SMILES string of the molecule is CCOc1cc2[nH]c(=O)n(CC3CCC(C(=O)N4CCC5(CC4)OCCO5)CC3)c(=O)c2cc1OCC. The molecule has 2 aromatic rings. The number of fused-ring (bicyclic) bond motifs is 1. The van der Waals surface area contributed by atoms with Crippen LogP contribution in [0.2, 0.25) is 0 Å². The number of ether oxygens (including phenoxy) is 4. The van der Waals surface area contributed by atoms with Gasteiger partial charge >= 0.3 is 5.69 Å². The van der Waals surface area contributed by atoms with Crippen LogP contribution in [0, 0.1) is 11.8 Å². The van der Waals surface area contributed by atoms with Crippen LogP contribution in [0.15, 0.2) is 21.7 Å². The molecular formula is C27H37N3O7. The van der Waals surface area contributed by atoms with Gasteiger partial charge in [-0.25, -0.2) is 4.79 Å². The Bertz CT molecular complexity index is 1230. The topological polar surface area (TPSA) is 112 Å².